The van der Waals surface area contributed by atoms with E-state index in [2.05, 4.69) is 6.92 Å². The second kappa shape index (κ2) is 7.07. The zero-order valence-corrected chi connectivity index (χ0v) is 10.7. The highest BCUT2D eigenvalue weighted by Crippen LogP contribution is 2.15. The number of nitrogens with two attached hydrogens (primary N) is 1. The maximum atomic E-state index is 12.0. The van der Waals surface area contributed by atoms with Crippen LogP contribution in [0.2, 0.25) is 0 Å². The first kappa shape index (κ1) is 13.7. The van der Waals surface area contributed by atoms with Gasteiger partial charge in [0.1, 0.15) is 0 Å². The molecule has 17 heavy (non-hydrogen) atoms. The summed E-state index contributed by atoms with van der Waals surface area (Å²) in [6.45, 7) is 2.78. The molecule has 94 valence electrons. The van der Waals surface area contributed by atoms with Gasteiger partial charge in [0.25, 0.3) is 0 Å². The summed E-state index contributed by atoms with van der Waals surface area (Å²) in [5, 5.41) is 0. The van der Waals surface area contributed by atoms with E-state index in [0.717, 1.165) is 18.5 Å². The Hall–Kier alpha value is -1.35. The predicted octanol–water partition coefficient (Wildman–Crippen LogP) is 2.41. The maximum absolute atomic E-state index is 12.0. The smallest absolute Gasteiger partial charge is 0.226 e. The number of carbonyl (C=O) groups excluding carboxylic acids is 1. The Morgan fingerprint density at radius 1 is 1.35 bits per heavy atom. The van der Waals surface area contributed by atoms with Crippen molar-refractivity contribution >= 4 is 11.6 Å². The second-order valence-corrected chi connectivity index (χ2v) is 4.34. The molecule has 0 aliphatic carbocycles. The average Bonchev–Trinajstić information content (AvgIpc) is 2.39. The van der Waals surface area contributed by atoms with Crippen LogP contribution in [0, 0.1) is 5.92 Å². The van der Waals surface area contributed by atoms with E-state index in [1.165, 1.54) is 0 Å². The number of rotatable bonds is 6. The quantitative estimate of drug-likeness (QED) is 0.821. The average molecular weight is 234 g/mol. The van der Waals surface area contributed by atoms with Gasteiger partial charge >= 0.3 is 0 Å². The lowest BCUT2D eigenvalue weighted by atomic mass is 10.0. The summed E-state index contributed by atoms with van der Waals surface area (Å²) in [4.78, 5) is 13.7. The molecule has 0 heterocycles. The summed E-state index contributed by atoms with van der Waals surface area (Å²) in [6.07, 6.45) is 2.49. The van der Waals surface area contributed by atoms with Crippen LogP contribution in [-0.4, -0.2) is 19.5 Å². The van der Waals surface area contributed by atoms with Crippen LogP contribution in [0.1, 0.15) is 26.2 Å². The first-order valence-electron chi connectivity index (χ1n) is 6.20. The summed E-state index contributed by atoms with van der Waals surface area (Å²) in [7, 11) is 1.82. The van der Waals surface area contributed by atoms with Crippen LogP contribution >= 0.6 is 0 Å². The van der Waals surface area contributed by atoms with Crippen molar-refractivity contribution in [1.29, 1.82) is 0 Å². The predicted molar refractivity (Wildman–Crippen MR) is 71.9 cm³/mol. The molecule has 0 saturated carbocycles. The molecule has 1 unspecified atom stereocenters. The molecule has 0 aliphatic heterocycles. The van der Waals surface area contributed by atoms with Gasteiger partial charge in [0.05, 0.1) is 0 Å². The van der Waals surface area contributed by atoms with Crippen LogP contribution < -0.4 is 10.6 Å². The Labute approximate surface area is 104 Å². The van der Waals surface area contributed by atoms with Gasteiger partial charge < -0.3 is 10.6 Å². The highest BCUT2D eigenvalue weighted by atomic mass is 16.2. The first-order valence-corrected chi connectivity index (χ1v) is 6.20. The minimum atomic E-state index is 0.156. The number of nitrogens with zero attached hydrogens (tertiary/aromatic N) is 1. The van der Waals surface area contributed by atoms with E-state index in [1.807, 2.05) is 37.4 Å². The lowest BCUT2D eigenvalue weighted by Crippen LogP contribution is -2.27. The van der Waals surface area contributed by atoms with Gasteiger partial charge in [0.2, 0.25) is 5.91 Å². The van der Waals surface area contributed by atoms with Crippen molar-refractivity contribution in [3.05, 3.63) is 30.3 Å². The number of carbonyl (C=O) groups is 1. The molecule has 1 rings (SSSR count). The number of hydrogen-bond acceptors (Lipinski definition) is 2. The molecular formula is C14H22N2O. The largest absolute Gasteiger partial charge is 0.330 e. The first-order chi connectivity index (χ1) is 8.19. The molecule has 0 fully saturated rings. The Morgan fingerprint density at radius 3 is 2.53 bits per heavy atom. The van der Waals surface area contributed by atoms with Crippen molar-refractivity contribution in [3.63, 3.8) is 0 Å². The third-order valence-corrected chi connectivity index (χ3v) is 3.19. The van der Waals surface area contributed by atoms with Gasteiger partial charge in [0, 0.05) is 19.2 Å². The van der Waals surface area contributed by atoms with E-state index in [1.54, 1.807) is 4.90 Å². The molecule has 1 aromatic rings. The molecular weight excluding hydrogens is 212 g/mol. The van der Waals surface area contributed by atoms with E-state index >= 15 is 0 Å². The van der Waals surface area contributed by atoms with Gasteiger partial charge in [-0.1, -0.05) is 31.5 Å². The number of amides is 1. The molecule has 1 aromatic carbocycles. The monoisotopic (exact) mass is 234 g/mol. The van der Waals surface area contributed by atoms with Crippen molar-refractivity contribution in [1.82, 2.24) is 0 Å². The fourth-order valence-electron chi connectivity index (χ4n) is 1.78. The van der Waals surface area contributed by atoms with Crippen molar-refractivity contribution in [2.75, 3.05) is 18.5 Å². The van der Waals surface area contributed by atoms with Gasteiger partial charge in [-0.05, 0) is 31.0 Å². The topological polar surface area (TPSA) is 46.3 Å². The zero-order chi connectivity index (χ0) is 12.7. The lowest BCUT2D eigenvalue weighted by Gasteiger charge is -2.18. The fourth-order valence-corrected chi connectivity index (χ4v) is 1.78. The summed E-state index contributed by atoms with van der Waals surface area (Å²) in [6, 6.07) is 9.71. The van der Waals surface area contributed by atoms with Crippen LogP contribution in [0.3, 0.4) is 0 Å². The summed E-state index contributed by atoms with van der Waals surface area (Å²) in [5.41, 5.74) is 6.57. The maximum Gasteiger partial charge on any atom is 0.226 e. The summed E-state index contributed by atoms with van der Waals surface area (Å²) in [5.74, 6) is 0.617. The van der Waals surface area contributed by atoms with E-state index in [-0.39, 0.29) is 5.91 Å². The zero-order valence-electron chi connectivity index (χ0n) is 10.7. The normalized spacial score (nSPS) is 12.2. The van der Waals surface area contributed by atoms with Crippen molar-refractivity contribution in [3.8, 4) is 0 Å². The highest BCUT2D eigenvalue weighted by Gasteiger charge is 2.12. The van der Waals surface area contributed by atoms with Crippen molar-refractivity contribution in [2.24, 2.45) is 11.7 Å². The van der Waals surface area contributed by atoms with E-state index in [9.17, 15) is 4.79 Å². The van der Waals surface area contributed by atoms with Crippen LogP contribution in [0.5, 0.6) is 0 Å². The van der Waals surface area contributed by atoms with Crippen molar-refractivity contribution < 1.29 is 4.79 Å². The van der Waals surface area contributed by atoms with Crippen LogP contribution in [-0.2, 0) is 4.79 Å². The number of para-hydroxylation sites is 1. The van der Waals surface area contributed by atoms with Crippen LogP contribution in [0.25, 0.3) is 0 Å². The van der Waals surface area contributed by atoms with Gasteiger partial charge in [-0.15, -0.1) is 0 Å². The van der Waals surface area contributed by atoms with E-state index < -0.39 is 0 Å². The summed E-state index contributed by atoms with van der Waals surface area (Å²) >= 11 is 0. The standard InChI is InChI=1S/C14H22N2O/c1-3-12(11-15)9-10-14(17)16(2)13-7-5-4-6-8-13/h4-8,12H,3,9-11,15H2,1-2H3. The Kier molecular flexibility index (Phi) is 5.70. The highest BCUT2D eigenvalue weighted by molar-refractivity contribution is 5.92. The van der Waals surface area contributed by atoms with Crippen LogP contribution in [0.15, 0.2) is 30.3 Å². The van der Waals surface area contributed by atoms with Crippen LogP contribution in [0.4, 0.5) is 5.69 Å². The Morgan fingerprint density at radius 2 is 2.00 bits per heavy atom. The Bertz CT molecular complexity index is 333. The van der Waals surface area contributed by atoms with Crippen molar-refractivity contribution in [2.45, 2.75) is 26.2 Å². The SMILES string of the molecule is CCC(CN)CCC(=O)N(C)c1ccccc1. The minimum absolute atomic E-state index is 0.156. The molecule has 2 N–H and O–H groups in total. The van der Waals surface area contributed by atoms with Gasteiger partial charge in [-0.25, -0.2) is 0 Å². The van der Waals surface area contributed by atoms with E-state index in [4.69, 9.17) is 5.73 Å². The molecule has 0 bridgehead atoms. The minimum Gasteiger partial charge on any atom is -0.330 e. The van der Waals surface area contributed by atoms with Gasteiger partial charge in [-0.3, -0.25) is 4.79 Å². The lowest BCUT2D eigenvalue weighted by molar-refractivity contribution is -0.118. The molecule has 0 aliphatic rings. The molecule has 1 amide bonds. The fraction of sp³-hybridized carbons (Fsp3) is 0.500. The van der Waals surface area contributed by atoms with Gasteiger partial charge in [-0.2, -0.15) is 0 Å². The Balaban J connectivity index is 2.48. The molecule has 3 nitrogen and oxygen atoms in total. The molecule has 0 spiro atoms. The third kappa shape index (κ3) is 4.19. The molecule has 0 saturated heterocycles. The number of benzene rings is 1. The van der Waals surface area contributed by atoms with Gasteiger partial charge in [0.15, 0.2) is 0 Å². The third-order valence-electron chi connectivity index (χ3n) is 3.19. The molecule has 1 atom stereocenters. The number of anilines is 1. The molecule has 0 aromatic heterocycles. The number of hydrogen-bond donors (Lipinski definition) is 1. The molecule has 0 radical (unpaired) electrons. The molecule has 3 heteroatoms. The summed E-state index contributed by atoms with van der Waals surface area (Å²) < 4.78 is 0. The second-order valence-electron chi connectivity index (χ2n) is 4.34. The van der Waals surface area contributed by atoms with E-state index in [0.29, 0.717) is 18.9 Å².